The molecule has 10 nitrogen and oxygen atoms in total. The van der Waals surface area contributed by atoms with Crippen LogP contribution in [0.2, 0.25) is 0 Å². The van der Waals surface area contributed by atoms with Gasteiger partial charge >= 0.3 is 6.03 Å². The van der Waals surface area contributed by atoms with Crippen molar-refractivity contribution in [3.63, 3.8) is 0 Å². The lowest BCUT2D eigenvalue weighted by atomic mass is 9.82. The summed E-state index contributed by atoms with van der Waals surface area (Å²) >= 11 is 0. The normalized spacial score (nSPS) is 27.0. The van der Waals surface area contributed by atoms with Gasteiger partial charge in [0.1, 0.15) is 5.54 Å². The molecule has 0 aromatic heterocycles. The molecule has 6 rings (SSSR count). The molecule has 3 saturated heterocycles. The number of alkyl halides is 2. The van der Waals surface area contributed by atoms with Crippen LogP contribution in [0.4, 0.5) is 13.6 Å². The summed E-state index contributed by atoms with van der Waals surface area (Å²) in [4.78, 5) is 43.9. The molecule has 3 heterocycles. The Morgan fingerprint density at radius 3 is 2.19 bits per heavy atom. The second-order valence-electron chi connectivity index (χ2n) is 13.8. The second kappa shape index (κ2) is 12.9. The van der Waals surface area contributed by atoms with Crippen LogP contribution in [0.25, 0.3) is 0 Å². The predicted octanol–water partition coefficient (Wildman–Crippen LogP) is 4.43. The fourth-order valence-corrected chi connectivity index (χ4v) is 8.74. The molecule has 1 saturated carbocycles. The highest BCUT2D eigenvalue weighted by Gasteiger charge is 2.58. The molecule has 2 bridgehead atoms. The van der Waals surface area contributed by atoms with Crippen LogP contribution in [0, 0.1) is 5.92 Å². The van der Waals surface area contributed by atoms with Crippen molar-refractivity contribution in [3.8, 4) is 0 Å². The average molecular weight is 672 g/mol. The molecule has 2 aromatic rings. The van der Waals surface area contributed by atoms with E-state index >= 15 is 0 Å². The Morgan fingerprint density at radius 2 is 1.60 bits per heavy atom. The standard InChI is InChI=1S/C34H43F2N5O5S/c1-39(2)47(45,46)28-12-8-23(9-13-28)22-41-31(43)33(38-32(41)44)20-26-10-11-27(21-33)40(26)19-16-29(24-6-4-3-5-7-24)37-30(42)25-14-17-34(35,36)18-15-25/h3-9,12-13,25-27,29H,10-11,14-22H2,1-2H3,(H,37,42)(H,38,44)/t26?,27?,29-,33?/m0/s1. The number of imide groups is 1. The van der Waals surface area contributed by atoms with Gasteiger partial charge in [-0.05, 0) is 68.2 Å². The number of rotatable bonds is 10. The van der Waals surface area contributed by atoms with Crippen LogP contribution in [0.15, 0.2) is 59.5 Å². The van der Waals surface area contributed by atoms with Gasteiger partial charge in [-0.1, -0.05) is 42.5 Å². The van der Waals surface area contributed by atoms with Crippen molar-refractivity contribution in [2.75, 3.05) is 20.6 Å². The number of hydrogen-bond donors (Lipinski definition) is 2. The molecule has 1 spiro atoms. The van der Waals surface area contributed by atoms with Crippen molar-refractivity contribution >= 4 is 27.9 Å². The predicted molar refractivity (Wildman–Crippen MR) is 171 cm³/mol. The zero-order valence-electron chi connectivity index (χ0n) is 26.8. The number of halogens is 2. The number of piperidine rings is 1. The molecule has 3 atom stereocenters. The number of nitrogens with one attached hydrogen (secondary N) is 2. The summed E-state index contributed by atoms with van der Waals surface area (Å²) in [6, 6.07) is 15.4. The number of fused-ring (bicyclic) bond motifs is 2. The Bertz CT molecular complexity index is 1580. The van der Waals surface area contributed by atoms with Crippen LogP contribution < -0.4 is 10.6 Å². The van der Waals surface area contributed by atoms with Crippen LogP contribution in [0.5, 0.6) is 0 Å². The Morgan fingerprint density at radius 1 is 0.979 bits per heavy atom. The Balaban J connectivity index is 1.09. The minimum atomic E-state index is -3.59. The summed E-state index contributed by atoms with van der Waals surface area (Å²) in [5.41, 5.74) is 0.632. The van der Waals surface area contributed by atoms with Gasteiger partial charge in [-0.3, -0.25) is 19.4 Å². The highest BCUT2D eigenvalue weighted by Crippen LogP contribution is 2.44. The van der Waals surface area contributed by atoms with Gasteiger partial charge in [0.15, 0.2) is 0 Å². The Hall–Kier alpha value is -3.42. The molecule has 4 amide bonds. The van der Waals surface area contributed by atoms with Crippen molar-refractivity contribution in [3.05, 3.63) is 65.7 Å². The molecule has 13 heteroatoms. The molecule has 47 heavy (non-hydrogen) atoms. The maximum absolute atomic E-state index is 13.8. The van der Waals surface area contributed by atoms with Crippen LogP contribution in [-0.4, -0.2) is 84.6 Å². The second-order valence-corrected chi connectivity index (χ2v) is 15.9. The number of nitrogens with zero attached hydrogens (tertiary/aromatic N) is 3. The molecular formula is C34H43F2N5O5S. The van der Waals surface area contributed by atoms with Crippen LogP contribution in [0.3, 0.4) is 0 Å². The fraction of sp³-hybridized carbons (Fsp3) is 0.559. The molecule has 254 valence electrons. The number of urea groups is 1. The lowest BCUT2D eigenvalue weighted by Gasteiger charge is -2.43. The molecule has 1 aliphatic carbocycles. The first-order valence-electron chi connectivity index (χ1n) is 16.4. The summed E-state index contributed by atoms with van der Waals surface area (Å²) < 4.78 is 53.4. The van der Waals surface area contributed by atoms with Gasteiger partial charge in [0.2, 0.25) is 21.9 Å². The fourth-order valence-electron chi connectivity index (χ4n) is 7.84. The first-order valence-corrected chi connectivity index (χ1v) is 17.9. The van der Waals surface area contributed by atoms with E-state index in [9.17, 15) is 31.6 Å². The minimum Gasteiger partial charge on any atom is -0.349 e. The van der Waals surface area contributed by atoms with Gasteiger partial charge in [-0.15, -0.1) is 0 Å². The maximum Gasteiger partial charge on any atom is 0.325 e. The van der Waals surface area contributed by atoms with E-state index in [0.29, 0.717) is 31.4 Å². The molecule has 2 unspecified atom stereocenters. The monoisotopic (exact) mass is 671 g/mol. The molecule has 4 aliphatic rings. The Labute approximate surface area is 274 Å². The largest absolute Gasteiger partial charge is 0.349 e. The van der Waals surface area contributed by atoms with E-state index in [-0.39, 0.29) is 67.1 Å². The number of amides is 4. The zero-order valence-corrected chi connectivity index (χ0v) is 27.6. The third-order valence-electron chi connectivity index (χ3n) is 10.5. The number of benzene rings is 2. The van der Waals surface area contributed by atoms with E-state index in [2.05, 4.69) is 15.5 Å². The summed E-state index contributed by atoms with van der Waals surface area (Å²) in [5.74, 6) is -3.55. The molecule has 4 fully saturated rings. The Kier molecular flexibility index (Phi) is 9.18. The SMILES string of the molecule is CN(C)S(=O)(=O)c1ccc(CN2C(=O)NC3(CC4CCC(C3)N4CC[C@H](NC(=O)C3CCC(F)(F)CC3)c3ccccc3)C2=O)cc1. The number of sulfonamides is 1. The topological polar surface area (TPSA) is 119 Å². The lowest BCUT2D eigenvalue weighted by Crippen LogP contribution is -2.59. The van der Waals surface area contributed by atoms with Gasteiger partial charge in [0, 0.05) is 51.5 Å². The van der Waals surface area contributed by atoms with Crippen LogP contribution >= 0.6 is 0 Å². The average Bonchev–Trinajstić information content (AvgIpc) is 3.42. The molecule has 0 radical (unpaired) electrons. The number of carbonyl (C=O) groups excluding carboxylic acids is 3. The summed E-state index contributed by atoms with van der Waals surface area (Å²) in [7, 11) is -0.678. The number of hydrogen-bond acceptors (Lipinski definition) is 6. The smallest absolute Gasteiger partial charge is 0.325 e. The lowest BCUT2D eigenvalue weighted by molar-refractivity contribution is -0.134. The van der Waals surface area contributed by atoms with Crippen molar-refractivity contribution in [1.29, 1.82) is 0 Å². The van der Waals surface area contributed by atoms with Gasteiger partial charge < -0.3 is 10.6 Å². The third-order valence-corrected chi connectivity index (χ3v) is 12.3. The van der Waals surface area contributed by atoms with Crippen molar-refractivity contribution in [2.24, 2.45) is 5.92 Å². The molecule has 2 N–H and O–H groups in total. The summed E-state index contributed by atoms with van der Waals surface area (Å²) in [6.45, 7) is 0.729. The third kappa shape index (κ3) is 6.80. The van der Waals surface area contributed by atoms with E-state index in [4.69, 9.17) is 0 Å². The molecule has 2 aromatic carbocycles. The minimum absolute atomic E-state index is 0.0465. The maximum atomic E-state index is 13.8. The highest BCUT2D eigenvalue weighted by atomic mass is 32.2. The summed E-state index contributed by atoms with van der Waals surface area (Å²) in [6.07, 6.45) is 3.24. The first-order chi connectivity index (χ1) is 22.3. The van der Waals surface area contributed by atoms with E-state index in [0.717, 1.165) is 22.7 Å². The van der Waals surface area contributed by atoms with E-state index in [1.54, 1.807) is 12.1 Å². The van der Waals surface area contributed by atoms with Crippen molar-refractivity contribution in [2.45, 2.75) is 98.8 Å². The molecule has 3 aliphatic heterocycles. The zero-order chi connectivity index (χ0) is 33.6. The van der Waals surface area contributed by atoms with Gasteiger partial charge in [-0.25, -0.2) is 26.3 Å². The van der Waals surface area contributed by atoms with Crippen molar-refractivity contribution in [1.82, 2.24) is 24.7 Å². The van der Waals surface area contributed by atoms with Crippen LogP contribution in [-0.2, 0) is 26.2 Å². The van der Waals surface area contributed by atoms with E-state index < -0.39 is 33.4 Å². The highest BCUT2D eigenvalue weighted by molar-refractivity contribution is 7.89. The van der Waals surface area contributed by atoms with E-state index in [1.807, 2.05) is 30.3 Å². The van der Waals surface area contributed by atoms with Gasteiger partial charge in [0.25, 0.3) is 5.91 Å². The van der Waals surface area contributed by atoms with Crippen molar-refractivity contribution < 1.29 is 31.6 Å². The quantitative estimate of drug-likeness (QED) is 0.361. The summed E-state index contributed by atoms with van der Waals surface area (Å²) in [5, 5.41) is 6.18. The van der Waals surface area contributed by atoms with Crippen LogP contribution in [0.1, 0.15) is 75.0 Å². The van der Waals surface area contributed by atoms with Gasteiger partial charge in [-0.2, -0.15) is 0 Å². The molecular weight excluding hydrogens is 628 g/mol. The first kappa shape index (κ1) is 33.5. The van der Waals surface area contributed by atoms with Gasteiger partial charge in [0.05, 0.1) is 17.5 Å². The van der Waals surface area contributed by atoms with E-state index in [1.165, 1.54) is 31.1 Å². The number of carbonyl (C=O) groups is 3.